The van der Waals surface area contributed by atoms with E-state index in [9.17, 15) is 4.79 Å². The maximum absolute atomic E-state index is 11.4. The minimum atomic E-state index is -0.242. The number of carbonyl (C=O) groups is 1. The molecule has 0 radical (unpaired) electrons. The molecule has 0 fully saturated rings. The Morgan fingerprint density at radius 2 is 2.00 bits per heavy atom. The maximum Gasteiger partial charge on any atom is 0.333 e. The monoisotopic (exact) mass is 233 g/mol. The number of anilines is 1. The first-order valence-electron chi connectivity index (χ1n) is 5.72. The molecule has 0 aromatic heterocycles. The van der Waals surface area contributed by atoms with Crippen molar-refractivity contribution in [2.45, 2.75) is 13.3 Å². The van der Waals surface area contributed by atoms with E-state index in [2.05, 4.69) is 4.90 Å². The van der Waals surface area contributed by atoms with E-state index in [1.165, 1.54) is 7.11 Å². The van der Waals surface area contributed by atoms with Gasteiger partial charge in [-0.05, 0) is 18.6 Å². The molecular formula is C14H19NO2. The van der Waals surface area contributed by atoms with E-state index in [4.69, 9.17) is 4.74 Å². The Labute approximate surface area is 103 Å². The van der Waals surface area contributed by atoms with Gasteiger partial charge in [0.2, 0.25) is 0 Å². The van der Waals surface area contributed by atoms with E-state index in [1.807, 2.05) is 50.4 Å². The summed E-state index contributed by atoms with van der Waals surface area (Å²) in [5, 5.41) is 0. The molecule has 0 heterocycles. The van der Waals surface area contributed by atoms with Crippen LogP contribution in [0.2, 0.25) is 0 Å². The van der Waals surface area contributed by atoms with Gasteiger partial charge in [-0.1, -0.05) is 31.2 Å². The van der Waals surface area contributed by atoms with E-state index >= 15 is 0 Å². The molecule has 0 aliphatic heterocycles. The molecule has 3 heteroatoms. The summed E-state index contributed by atoms with van der Waals surface area (Å²) >= 11 is 0. The van der Waals surface area contributed by atoms with Crippen molar-refractivity contribution < 1.29 is 9.53 Å². The highest BCUT2D eigenvalue weighted by Gasteiger charge is 2.07. The fraction of sp³-hybridized carbons (Fsp3) is 0.357. The molecular weight excluding hydrogens is 214 g/mol. The standard InChI is InChI=1S/C14H19NO2/c1-4-12(14(16)17-3)10-11-15(2)13-8-6-5-7-9-13/h5-10H,4,11H2,1-3H3. The largest absolute Gasteiger partial charge is 0.466 e. The summed E-state index contributed by atoms with van der Waals surface area (Å²) in [6.45, 7) is 2.65. The Hall–Kier alpha value is -1.77. The van der Waals surface area contributed by atoms with Gasteiger partial charge in [0.15, 0.2) is 0 Å². The summed E-state index contributed by atoms with van der Waals surface area (Å²) < 4.78 is 4.72. The fourth-order valence-electron chi connectivity index (χ4n) is 1.54. The summed E-state index contributed by atoms with van der Waals surface area (Å²) in [5.74, 6) is -0.242. The molecule has 0 aliphatic carbocycles. The van der Waals surface area contributed by atoms with Crippen LogP contribution in [0.4, 0.5) is 5.69 Å². The topological polar surface area (TPSA) is 29.5 Å². The second-order valence-electron chi connectivity index (χ2n) is 3.79. The number of carbonyl (C=O) groups excluding carboxylic acids is 1. The van der Waals surface area contributed by atoms with E-state index in [1.54, 1.807) is 0 Å². The molecule has 1 rings (SSSR count). The van der Waals surface area contributed by atoms with Gasteiger partial charge in [-0.2, -0.15) is 0 Å². The Kier molecular flexibility index (Phi) is 5.27. The number of para-hydroxylation sites is 1. The lowest BCUT2D eigenvalue weighted by molar-refractivity contribution is -0.136. The number of ether oxygens (including phenoxy) is 1. The molecule has 0 unspecified atom stereocenters. The van der Waals surface area contributed by atoms with E-state index in [-0.39, 0.29) is 5.97 Å². The fourth-order valence-corrected chi connectivity index (χ4v) is 1.54. The highest BCUT2D eigenvalue weighted by Crippen LogP contribution is 2.11. The predicted octanol–water partition coefficient (Wildman–Crippen LogP) is 2.63. The number of rotatable bonds is 5. The molecule has 0 N–H and O–H groups in total. The average molecular weight is 233 g/mol. The van der Waals surface area contributed by atoms with Crippen LogP contribution in [0.1, 0.15) is 13.3 Å². The third kappa shape index (κ3) is 3.94. The number of nitrogens with zero attached hydrogens (tertiary/aromatic N) is 1. The van der Waals surface area contributed by atoms with Gasteiger partial charge in [0.05, 0.1) is 7.11 Å². The average Bonchev–Trinajstić information content (AvgIpc) is 2.39. The van der Waals surface area contributed by atoms with Crippen LogP contribution in [0.25, 0.3) is 0 Å². The van der Waals surface area contributed by atoms with Crippen molar-refractivity contribution in [2.24, 2.45) is 0 Å². The number of esters is 1. The zero-order chi connectivity index (χ0) is 12.7. The number of hydrogen-bond donors (Lipinski definition) is 0. The van der Waals surface area contributed by atoms with Gasteiger partial charge in [-0.3, -0.25) is 0 Å². The molecule has 1 aromatic carbocycles. The lowest BCUT2D eigenvalue weighted by Gasteiger charge is -2.17. The van der Waals surface area contributed by atoms with Crippen molar-refractivity contribution in [1.29, 1.82) is 0 Å². The lowest BCUT2D eigenvalue weighted by atomic mass is 10.2. The SMILES string of the molecule is CCC(=CCN(C)c1ccccc1)C(=O)OC. The Bertz CT molecular complexity index is 384. The second kappa shape index (κ2) is 6.74. The van der Waals surface area contributed by atoms with Crippen LogP contribution in [0, 0.1) is 0 Å². The highest BCUT2D eigenvalue weighted by atomic mass is 16.5. The van der Waals surface area contributed by atoms with Crippen LogP contribution in [-0.4, -0.2) is 26.7 Å². The van der Waals surface area contributed by atoms with Crippen molar-refractivity contribution in [3.05, 3.63) is 42.0 Å². The van der Waals surface area contributed by atoms with Crippen LogP contribution in [0.3, 0.4) is 0 Å². The summed E-state index contributed by atoms with van der Waals surface area (Å²) in [4.78, 5) is 13.5. The molecule has 92 valence electrons. The zero-order valence-corrected chi connectivity index (χ0v) is 10.6. The molecule has 17 heavy (non-hydrogen) atoms. The quantitative estimate of drug-likeness (QED) is 0.578. The van der Waals surface area contributed by atoms with Gasteiger partial charge in [-0.25, -0.2) is 4.79 Å². The minimum Gasteiger partial charge on any atom is -0.466 e. The predicted molar refractivity (Wildman–Crippen MR) is 70.1 cm³/mol. The maximum atomic E-state index is 11.4. The molecule has 0 bridgehead atoms. The molecule has 0 spiro atoms. The van der Waals surface area contributed by atoms with Gasteiger partial charge >= 0.3 is 5.97 Å². The van der Waals surface area contributed by atoms with Crippen molar-refractivity contribution in [3.63, 3.8) is 0 Å². The summed E-state index contributed by atoms with van der Waals surface area (Å²) in [7, 11) is 3.41. The van der Waals surface area contributed by atoms with Gasteiger partial charge < -0.3 is 9.64 Å². The highest BCUT2D eigenvalue weighted by molar-refractivity contribution is 5.88. The van der Waals surface area contributed by atoms with Gasteiger partial charge in [-0.15, -0.1) is 0 Å². The molecule has 0 atom stereocenters. The normalized spacial score (nSPS) is 11.1. The molecule has 3 nitrogen and oxygen atoms in total. The van der Waals surface area contributed by atoms with Crippen LogP contribution < -0.4 is 4.90 Å². The van der Waals surface area contributed by atoms with Crippen LogP contribution in [-0.2, 0) is 9.53 Å². The third-order valence-electron chi connectivity index (χ3n) is 2.64. The lowest BCUT2D eigenvalue weighted by Crippen LogP contribution is -2.18. The number of methoxy groups -OCH3 is 1. The number of benzene rings is 1. The zero-order valence-electron chi connectivity index (χ0n) is 10.6. The Balaban J connectivity index is 2.66. The van der Waals surface area contributed by atoms with Crippen molar-refractivity contribution in [2.75, 3.05) is 25.6 Å². The molecule has 0 saturated carbocycles. The van der Waals surface area contributed by atoms with E-state index in [0.29, 0.717) is 13.0 Å². The first-order chi connectivity index (χ1) is 8.19. The van der Waals surface area contributed by atoms with Crippen LogP contribution in [0.5, 0.6) is 0 Å². The van der Waals surface area contributed by atoms with Crippen LogP contribution >= 0.6 is 0 Å². The molecule has 0 amide bonds. The molecule has 1 aromatic rings. The molecule has 0 saturated heterocycles. The first kappa shape index (κ1) is 13.3. The second-order valence-corrected chi connectivity index (χ2v) is 3.79. The summed E-state index contributed by atoms with van der Waals surface area (Å²) in [6.07, 6.45) is 2.61. The van der Waals surface area contributed by atoms with Crippen molar-refractivity contribution >= 4 is 11.7 Å². The van der Waals surface area contributed by atoms with Gasteiger partial charge in [0, 0.05) is 24.9 Å². The van der Waals surface area contributed by atoms with E-state index < -0.39 is 0 Å². The minimum absolute atomic E-state index is 0.242. The van der Waals surface area contributed by atoms with Crippen molar-refractivity contribution in [1.82, 2.24) is 0 Å². The molecule has 0 aliphatic rings. The van der Waals surface area contributed by atoms with E-state index in [0.717, 1.165) is 11.3 Å². The van der Waals surface area contributed by atoms with Crippen LogP contribution in [0.15, 0.2) is 42.0 Å². The Morgan fingerprint density at radius 3 is 2.53 bits per heavy atom. The Morgan fingerprint density at radius 1 is 1.35 bits per heavy atom. The third-order valence-corrected chi connectivity index (χ3v) is 2.64. The smallest absolute Gasteiger partial charge is 0.333 e. The summed E-state index contributed by atoms with van der Waals surface area (Å²) in [5.41, 5.74) is 1.85. The van der Waals surface area contributed by atoms with Crippen molar-refractivity contribution in [3.8, 4) is 0 Å². The number of hydrogen-bond acceptors (Lipinski definition) is 3. The summed E-state index contributed by atoms with van der Waals surface area (Å²) in [6, 6.07) is 10.1. The first-order valence-corrected chi connectivity index (χ1v) is 5.72. The van der Waals surface area contributed by atoms with Gasteiger partial charge in [0.1, 0.15) is 0 Å². The number of likely N-dealkylation sites (N-methyl/N-ethyl adjacent to an activating group) is 1. The van der Waals surface area contributed by atoms with Gasteiger partial charge in [0.25, 0.3) is 0 Å².